The minimum Gasteiger partial charge on any atom is -0.311 e. The molecule has 0 spiro atoms. The summed E-state index contributed by atoms with van der Waals surface area (Å²) in [5, 5.41) is 0. The Labute approximate surface area is 351 Å². The van der Waals surface area contributed by atoms with E-state index >= 15 is 0 Å². The summed E-state index contributed by atoms with van der Waals surface area (Å²) in [6.07, 6.45) is 13.5. The summed E-state index contributed by atoms with van der Waals surface area (Å²) in [5.74, 6) is 7.06. The number of benzene rings is 6. The predicted octanol–water partition coefficient (Wildman–Crippen LogP) is 15.3. The zero-order valence-corrected chi connectivity index (χ0v) is 35.1. The van der Waals surface area contributed by atoms with Crippen LogP contribution in [0.5, 0.6) is 0 Å². The van der Waals surface area contributed by atoms with E-state index in [0.717, 1.165) is 17.1 Å². The van der Waals surface area contributed by atoms with Gasteiger partial charge in [0.2, 0.25) is 0 Å². The highest BCUT2D eigenvalue weighted by Crippen LogP contribution is 2.42. The topological polar surface area (TPSA) is 3.24 Å². The average Bonchev–Trinajstić information content (AvgIpc) is 3.25. The number of hydrogen-bond donors (Lipinski definition) is 0. The molecule has 0 atom stereocenters. The largest absolute Gasteiger partial charge is 0.311 e. The van der Waals surface area contributed by atoms with Crippen molar-refractivity contribution in [1.29, 1.82) is 0 Å². The normalized spacial score (nSPS) is 15.3. The van der Waals surface area contributed by atoms with Crippen molar-refractivity contribution in [2.45, 2.75) is 29.4 Å². The van der Waals surface area contributed by atoms with Crippen molar-refractivity contribution in [2.75, 3.05) is 39.4 Å². The SMILES string of the molecule is C(=Cc1cccc2c1SCCS2)c1ccc(N(c2ccc(C=Cc3cccc4c3SCCS4)cc2)c2ccc(C=Cc3cccc4c3SCCS4)cc2)cc1. The Hall–Kier alpha value is -3.56. The Morgan fingerprint density at radius 3 is 0.909 bits per heavy atom. The van der Waals surface area contributed by atoms with Gasteiger partial charge in [0.1, 0.15) is 0 Å². The predicted molar refractivity (Wildman–Crippen MR) is 252 cm³/mol. The first-order valence-corrected chi connectivity index (χ1v) is 24.5. The lowest BCUT2D eigenvalue weighted by molar-refractivity contribution is 1.21. The molecule has 0 saturated carbocycles. The highest BCUT2D eigenvalue weighted by Gasteiger charge is 2.16. The first-order chi connectivity index (χ1) is 27.2. The van der Waals surface area contributed by atoms with Crippen LogP contribution in [0.4, 0.5) is 17.1 Å². The lowest BCUT2D eigenvalue weighted by atomic mass is 10.1. The second-order valence-electron chi connectivity index (χ2n) is 13.2. The van der Waals surface area contributed by atoms with E-state index in [0.29, 0.717) is 0 Å². The minimum atomic E-state index is 1.13. The number of hydrogen-bond acceptors (Lipinski definition) is 7. The van der Waals surface area contributed by atoms with Gasteiger partial charge in [-0.05, 0) is 88.0 Å². The first-order valence-electron chi connectivity index (χ1n) is 18.6. The van der Waals surface area contributed by atoms with E-state index in [2.05, 4.69) is 169 Å². The zero-order chi connectivity index (χ0) is 36.8. The summed E-state index contributed by atoms with van der Waals surface area (Å²) in [5.41, 5.74) is 10.9. The van der Waals surface area contributed by atoms with Crippen LogP contribution in [0.15, 0.2) is 157 Å². The molecule has 6 aromatic carbocycles. The maximum atomic E-state index is 2.36. The summed E-state index contributed by atoms with van der Waals surface area (Å²) in [7, 11) is 0. The number of thioether (sulfide) groups is 6. The molecule has 7 heteroatoms. The molecule has 0 amide bonds. The van der Waals surface area contributed by atoms with Crippen LogP contribution in [0, 0.1) is 0 Å². The molecule has 1 nitrogen and oxygen atoms in total. The van der Waals surface area contributed by atoms with E-state index in [4.69, 9.17) is 0 Å². The molecule has 0 saturated heterocycles. The summed E-state index contributed by atoms with van der Waals surface area (Å²) >= 11 is 11.8. The second kappa shape index (κ2) is 17.7. The Morgan fingerprint density at radius 2 is 0.600 bits per heavy atom. The van der Waals surface area contributed by atoms with E-state index in [9.17, 15) is 0 Å². The van der Waals surface area contributed by atoms with Gasteiger partial charge in [-0.2, -0.15) is 0 Å². The Bertz CT molecular complexity index is 2110. The van der Waals surface area contributed by atoms with Crippen molar-refractivity contribution in [3.8, 4) is 0 Å². The molecule has 6 aromatic rings. The summed E-state index contributed by atoms with van der Waals surface area (Å²) in [4.78, 5) is 10.8. The number of anilines is 3. The van der Waals surface area contributed by atoms with Gasteiger partial charge >= 0.3 is 0 Å². The van der Waals surface area contributed by atoms with Crippen LogP contribution < -0.4 is 4.90 Å². The molecule has 0 N–H and O–H groups in total. The van der Waals surface area contributed by atoms with Crippen molar-refractivity contribution < 1.29 is 0 Å². The maximum absolute atomic E-state index is 2.36. The van der Waals surface area contributed by atoms with Crippen LogP contribution >= 0.6 is 70.6 Å². The molecule has 0 unspecified atom stereocenters. The van der Waals surface area contributed by atoms with Crippen LogP contribution in [0.3, 0.4) is 0 Å². The molecule has 0 radical (unpaired) electrons. The molecule has 9 rings (SSSR count). The van der Waals surface area contributed by atoms with Crippen molar-refractivity contribution in [3.63, 3.8) is 0 Å². The molecular formula is C48H39NS6. The van der Waals surface area contributed by atoms with Gasteiger partial charge in [0.15, 0.2) is 0 Å². The van der Waals surface area contributed by atoms with Gasteiger partial charge in [0.25, 0.3) is 0 Å². The fourth-order valence-corrected chi connectivity index (χ4v) is 14.0. The number of fused-ring (bicyclic) bond motifs is 3. The minimum absolute atomic E-state index is 1.13. The summed E-state index contributed by atoms with van der Waals surface area (Å²) < 4.78 is 0. The van der Waals surface area contributed by atoms with Crippen LogP contribution in [0.1, 0.15) is 33.4 Å². The molecule has 3 aliphatic rings. The quantitative estimate of drug-likeness (QED) is 0.132. The van der Waals surface area contributed by atoms with Gasteiger partial charge < -0.3 is 4.90 Å². The van der Waals surface area contributed by atoms with E-state index in [1.807, 2.05) is 70.6 Å². The zero-order valence-electron chi connectivity index (χ0n) is 30.2. The van der Waals surface area contributed by atoms with Crippen molar-refractivity contribution in [1.82, 2.24) is 0 Å². The van der Waals surface area contributed by atoms with Gasteiger partial charge in [-0.25, -0.2) is 0 Å². The molecule has 272 valence electrons. The summed E-state index contributed by atoms with van der Waals surface area (Å²) in [6.45, 7) is 0. The Kier molecular flexibility index (Phi) is 11.9. The molecule has 0 aliphatic carbocycles. The molecular weight excluding hydrogens is 783 g/mol. The third kappa shape index (κ3) is 8.73. The van der Waals surface area contributed by atoms with Gasteiger partial charge in [-0.3, -0.25) is 0 Å². The fourth-order valence-electron chi connectivity index (χ4n) is 6.89. The van der Waals surface area contributed by atoms with Gasteiger partial charge in [-0.1, -0.05) is 109 Å². The molecule has 0 aromatic heterocycles. The second-order valence-corrected chi connectivity index (χ2v) is 20.0. The van der Waals surface area contributed by atoms with Crippen LogP contribution in [-0.2, 0) is 0 Å². The highest BCUT2D eigenvalue weighted by atomic mass is 32.2. The van der Waals surface area contributed by atoms with Gasteiger partial charge in [0.05, 0.1) is 0 Å². The first kappa shape index (κ1) is 37.0. The Balaban J connectivity index is 0.993. The van der Waals surface area contributed by atoms with Crippen LogP contribution in [0.25, 0.3) is 36.5 Å². The van der Waals surface area contributed by atoms with Gasteiger partial charge in [0, 0.05) is 81.0 Å². The molecule has 0 bridgehead atoms. The lowest BCUT2D eigenvalue weighted by Crippen LogP contribution is -2.09. The number of rotatable bonds is 9. The highest BCUT2D eigenvalue weighted by molar-refractivity contribution is 8.06. The molecule has 55 heavy (non-hydrogen) atoms. The van der Waals surface area contributed by atoms with E-state index in [1.165, 1.54) is 97.3 Å². The third-order valence-electron chi connectivity index (χ3n) is 9.61. The smallest absolute Gasteiger partial charge is 0.0462 e. The average molecular weight is 822 g/mol. The molecule has 3 heterocycles. The van der Waals surface area contributed by atoms with Crippen molar-refractivity contribution in [2.24, 2.45) is 0 Å². The van der Waals surface area contributed by atoms with E-state index < -0.39 is 0 Å². The Morgan fingerprint density at radius 1 is 0.309 bits per heavy atom. The monoisotopic (exact) mass is 821 g/mol. The molecule has 3 aliphatic heterocycles. The third-order valence-corrected chi connectivity index (χ3v) is 17.4. The molecule has 0 fully saturated rings. The van der Waals surface area contributed by atoms with E-state index in [1.54, 1.807) is 0 Å². The van der Waals surface area contributed by atoms with Crippen molar-refractivity contribution in [3.05, 3.63) is 161 Å². The maximum Gasteiger partial charge on any atom is 0.0462 e. The lowest BCUT2D eigenvalue weighted by Gasteiger charge is -2.26. The van der Waals surface area contributed by atoms with Crippen LogP contribution in [-0.4, -0.2) is 34.5 Å². The van der Waals surface area contributed by atoms with E-state index in [-0.39, 0.29) is 0 Å². The van der Waals surface area contributed by atoms with Crippen LogP contribution in [0.2, 0.25) is 0 Å². The standard InChI is InChI=1S/C48H39NS6/c1-4-37(46-43(7-1)50-28-31-53-46)19-10-34-13-22-40(23-14-34)49(41-24-15-35(16-25-41)11-20-38-5-2-8-44-47(38)54-32-29-51-44)42-26-17-36(18-27-42)12-21-39-6-3-9-45-48(39)55-33-30-52-45/h1-27H,28-33H2. The number of nitrogens with zero attached hydrogens (tertiary/aromatic N) is 1. The van der Waals surface area contributed by atoms with Crippen molar-refractivity contribution >= 4 is 124 Å². The van der Waals surface area contributed by atoms with Gasteiger partial charge in [-0.15, -0.1) is 70.6 Å². The fraction of sp³-hybridized carbons (Fsp3) is 0.125. The summed E-state index contributed by atoms with van der Waals surface area (Å²) in [6, 6.07) is 46.9.